The van der Waals surface area contributed by atoms with E-state index in [2.05, 4.69) is 12.2 Å². The van der Waals surface area contributed by atoms with Crippen LogP contribution in [0.1, 0.15) is 58.3 Å². The fourth-order valence-corrected chi connectivity index (χ4v) is 3.84. The predicted octanol–water partition coefficient (Wildman–Crippen LogP) is 2.08. The van der Waals surface area contributed by atoms with Gasteiger partial charge < -0.3 is 20.3 Å². The van der Waals surface area contributed by atoms with E-state index in [0.717, 1.165) is 32.2 Å². The Morgan fingerprint density at radius 3 is 2.57 bits per heavy atom. The zero-order valence-electron chi connectivity index (χ0n) is 13.5. The van der Waals surface area contributed by atoms with Crippen molar-refractivity contribution in [2.75, 3.05) is 19.7 Å². The number of aliphatic hydroxyl groups excluding tert-OH is 2. The molecule has 5 atom stereocenters. The Kier molecular flexibility index (Phi) is 7.44. The first-order valence-electron chi connectivity index (χ1n) is 8.89. The average molecular weight is 299 g/mol. The molecule has 3 N–H and O–H groups in total. The van der Waals surface area contributed by atoms with Crippen molar-refractivity contribution in [3.05, 3.63) is 0 Å². The molecule has 0 bridgehead atoms. The zero-order valence-corrected chi connectivity index (χ0v) is 13.5. The fraction of sp³-hybridized carbons (Fsp3) is 1.00. The summed E-state index contributed by atoms with van der Waals surface area (Å²) in [4.78, 5) is 0. The van der Waals surface area contributed by atoms with E-state index in [1.807, 2.05) is 0 Å². The lowest BCUT2D eigenvalue weighted by atomic mass is 9.85. The number of nitrogens with one attached hydrogen (secondary N) is 1. The standard InChI is InChI=1S/C17H33NO3/c1-2-13-6-3-4-9-17(13)21-12-15(19)11-18-10-14-7-5-8-16(14)20/h13-20H,2-12H2,1H3. The molecule has 0 aliphatic heterocycles. The molecular formula is C17H33NO3. The lowest BCUT2D eigenvalue weighted by Gasteiger charge is -2.31. The highest BCUT2D eigenvalue weighted by molar-refractivity contribution is 4.79. The molecule has 4 nitrogen and oxygen atoms in total. The van der Waals surface area contributed by atoms with Gasteiger partial charge in [0, 0.05) is 13.1 Å². The maximum absolute atomic E-state index is 10.0. The molecule has 2 rings (SSSR count). The third-order valence-electron chi connectivity index (χ3n) is 5.27. The maximum atomic E-state index is 10.0. The van der Waals surface area contributed by atoms with Crippen molar-refractivity contribution in [1.82, 2.24) is 5.32 Å². The van der Waals surface area contributed by atoms with Gasteiger partial charge in [0.05, 0.1) is 24.9 Å². The molecule has 0 amide bonds. The Labute approximate surface area is 129 Å². The van der Waals surface area contributed by atoms with Crippen LogP contribution in [0.3, 0.4) is 0 Å². The second-order valence-corrected chi connectivity index (χ2v) is 6.89. The van der Waals surface area contributed by atoms with Crippen LogP contribution in [0.4, 0.5) is 0 Å². The van der Waals surface area contributed by atoms with Crippen molar-refractivity contribution in [3.63, 3.8) is 0 Å². The van der Waals surface area contributed by atoms with E-state index in [4.69, 9.17) is 4.74 Å². The van der Waals surface area contributed by atoms with E-state index in [9.17, 15) is 10.2 Å². The lowest BCUT2D eigenvalue weighted by molar-refractivity contribution is -0.0501. The van der Waals surface area contributed by atoms with Crippen LogP contribution in [0.2, 0.25) is 0 Å². The quantitative estimate of drug-likeness (QED) is 0.642. The van der Waals surface area contributed by atoms with Crippen molar-refractivity contribution >= 4 is 0 Å². The van der Waals surface area contributed by atoms with Gasteiger partial charge in [0.1, 0.15) is 0 Å². The van der Waals surface area contributed by atoms with Crippen molar-refractivity contribution in [2.45, 2.75) is 76.6 Å². The smallest absolute Gasteiger partial charge is 0.0897 e. The molecule has 2 saturated carbocycles. The van der Waals surface area contributed by atoms with Crippen molar-refractivity contribution in [1.29, 1.82) is 0 Å². The maximum Gasteiger partial charge on any atom is 0.0897 e. The Bertz CT molecular complexity index is 287. The Hall–Kier alpha value is -0.160. The van der Waals surface area contributed by atoms with Crippen molar-refractivity contribution < 1.29 is 14.9 Å². The van der Waals surface area contributed by atoms with Gasteiger partial charge in [-0.05, 0) is 37.5 Å². The van der Waals surface area contributed by atoms with Crippen LogP contribution in [0, 0.1) is 11.8 Å². The third-order valence-corrected chi connectivity index (χ3v) is 5.27. The van der Waals surface area contributed by atoms with Gasteiger partial charge in [0.25, 0.3) is 0 Å². The monoisotopic (exact) mass is 299 g/mol. The first-order valence-corrected chi connectivity index (χ1v) is 8.89. The van der Waals surface area contributed by atoms with Crippen LogP contribution in [-0.2, 0) is 4.74 Å². The van der Waals surface area contributed by atoms with Gasteiger partial charge in [-0.1, -0.05) is 32.6 Å². The highest BCUT2D eigenvalue weighted by Crippen LogP contribution is 2.29. The molecule has 4 heteroatoms. The summed E-state index contributed by atoms with van der Waals surface area (Å²) >= 11 is 0. The number of hydrogen-bond acceptors (Lipinski definition) is 4. The van der Waals surface area contributed by atoms with Crippen LogP contribution in [0.25, 0.3) is 0 Å². The second-order valence-electron chi connectivity index (χ2n) is 6.89. The Morgan fingerprint density at radius 1 is 1.10 bits per heavy atom. The molecule has 2 aliphatic carbocycles. The van der Waals surface area contributed by atoms with Gasteiger partial charge in [-0.15, -0.1) is 0 Å². The van der Waals surface area contributed by atoms with Crippen LogP contribution >= 0.6 is 0 Å². The van der Waals surface area contributed by atoms with E-state index in [1.54, 1.807) is 0 Å². The minimum Gasteiger partial charge on any atom is -0.393 e. The summed E-state index contributed by atoms with van der Waals surface area (Å²) < 4.78 is 5.95. The van der Waals surface area contributed by atoms with Crippen molar-refractivity contribution in [2.24, 2.45) is 11.8 Å². The highest BCUT2D eigenvalue weighted by atomic mass is 16.5. The summed E-state index contributed by atoms with van der Waals surface area (Å²) in [5.41, 5.74) is 0. The third kappa shape index (κ3) is 5.51. The molecule has 0 heterocycles. The minimum atomic E-state index is -0.442. The topological polar surface area (TPSA) is 61.7 Å². The molecule has 0 aromatic heterocycles. The normalized spacial score (nSPS) is 35.0. The van der Waals surface area contributed by atoms with Gasteiger partial charge >= 0.3 is 0 Å². The average Bonchev–Trinajstić information content (AvgIpc) is 2.91. The summed E-state index contributed by atoms with van der Waals surface area (Å²) in [7, 11) is 0. The summed E-state index contributed by atoms with van der Waals surface area (Å²) in [5, 5.41) is 23.1. The molecule has 0 aromatic rings. The second kappa shape index (κ2) is 9.09. The molecule has 5 unspecified atom stereocenters. The molecular weight excluding hydrogens is 266 g/mol. The molecule has 21 heavy (non-hydrogen) atoms. The first-order chi connectivity index (χ1) is 10.2. The number of hydrogen-bond donors (Lipinski definition) is 3. The number of rotatable bonds is 8. The molecule has 0 saturated heterocycles. The fourth-order valence-electron chi connectivity index (χ4n) is 3.84. The zero-order chi connectivity index (χ0) is 15.1. The van der Waals surface area contributed by atoms with Gasteiger partial charge in [0.15, 0.2) is 0 Å². The molecule has 2 aliphatic rings. The Balaban J connectivity index is 1.57. The molecule has 0 aromatic carbocycles. The van der Waals surface area contributed by atoms with Crippen LogP contribution in [0.5, 0.6) is 0 Å². The largest absolute Gasteiger partial charge is 0.393 e. The van der Waals surface area contributed by atoms with Crippen LogP contribution < -0.4 is 5.32 Å². The summed E-state index contributed by atoms with van der Waals surface area (Å²) in [6.45, 7) is 4.03. The number of ether oxygens (including phenoxy) is 1. The van der Waals surface area contributed by atoms with E-state index in [0.29, 0.717) is 31.1 Å². The van der Waals surface area contributed by atoms with Gasteiger partial charge in [-0.25, -0.2) is 0 Å². The minimum absolute atomic E-state index is 0.154. The molecule has 2 fully saturated rings. The molecule has 0 spiro atoms. The number of aliphatic hydroxyl groups is 2. The van der Waals surface area contributed by atoms with E-state index >= 15 is 0 Å². The van der Waals surface area contributed by atoms with Gasteiger partial charge in [0.2, 0.25) is 0 Å². The van der Waals surface area contributed by atoms with E-state index in [-0.39, 0.29) is 6.10 Å². The summed E-state index contributed by atoms with van der Waals surface area (Å²) in [6, 6.07) is 0. The highest BCUT2D eigenvalue weighted by Gasteiger charge is 2.26. The van der Waals surface area contributed by atoms with Gasteiger partial charge in [-0.2, -0.15) is 0 Å². The molecule has 124 valence electrons. The molecule has 0 radical (unpaired) electrons. The van der Waals surface area contributed by atoms with Crippen LogP contribution in [0.15, 0.2) is 0 Å². The first kappa shape index (κ1) is 17.2. The SMILES string of the molecule is CCC1CCCCC1OCC(O)CNCC1CCCC1O. The van der Waals surface area contributed by atoms with E-state index < -0.39 is 6.10 Å². The van der Waals surface area contributed by atoms with E-state index in [1.165, 1.54) is 25.7 Å². The predicted molar refractivity (Wildman–Crippen MR) is 84.2 cm³/mol. The summed E-state index contributed by atoms with van der Waals surface area (Å²) in [5.74, 6) is 1.04. The van der Waals surface area contributed by atoms with Crippen LogP contribution in [-0.4, -0.2) is 48.2 Å². The lowest BCUT2D eigenvalue weighted by Crippen LogP contribution is -2.37. The summed E-state index contributed by atoms with van der Waals surface area (Å²) in [6.07, 6.45) is 9.08. The van der Waals surface area contributed by atoms with Crippen molar-refractivity contribution in [3.8, 4) is 0 Å². The van der Waals surface area contributed by atoms with Gasteiger partial charge in [-0.3, -0.25) is 0 Å². The Morgan fingerprint density at radius 2 is 1.86 bits per heavy atom.